The van der Waals surface area contributed by atoms with Gasteiger partial charge in [0.15, 0.2) is 0 Å². The molecule has 0 spiro atoms. The highest BCUT2D eigenvalue weighted by atomic mass is 15.2. The zero-order valence-electron chi connectivity index (χ0n) is 11.2. The van der Waals surface area contributed by atoms with Gasteiger partial charge in [-0.15, -0.1) is 0 Å². The van der Waals surface area contributed by atoms with Crippen molar-refractivity contribution in [2.45, 2.75) is 38.5 Å². The summed E-state index contributed by atoms with van der Waals surface area (Å²) in [5.74, 6) is 2.63. The Morgan fingerprint density at radius 2 is 2.06 bits per heavy atom. The molecular weight excluding hydrogens is 224 g/mol. The maximum atomic E-state index is 4.65. The van der Waals surface area contributed by atoms with Crippen LogP contribution in [0.5, 0.6) is 0 Å². The third-order valence-corrected chi connectivity index (χ3v) is 3.99. The first-order chi connectivity index (χ1) is 8.83. The molecule has 0 amide bonds. The monoisotopic (exact) mass is 246 g/mol. The van der Waals surface area contributed by atoms with Crippen LogP contribution in [0.2, 0.25) is 0 Å². The van der Waals surface area contributed by atoms with Crippen LogP contribution in [0.15, 0.2) is 6.07 Å². The number of piperidine rings is 1. The Bertz CT molecular complexity index is 406. The summed E-state index contributed by atoms with van der Waals surface area (Å²) >= 11 is 0. The van der Waals surface area contributed by atoms with Gasteiger partial charge in [0, 0.05) is 31.6 Å². The highest BCUT2D eigenvalue weighted by Gasteiger charge is 2.20. The van der Waals surface area contributed by atoms with E-state index in [2.05, 4.69) is 26.3 Å². The quantitative estimate of drug-likeness (QED) is 0.864. The third kappa shape index (κ3) is 2.48. The van der Waals surface area contributed by atoms with E-state index in [-0.39, 0.29) is 0 Å². The van der Waals surface area contributed by atoms with Gasteiger partial charge in [-0.3, -0.25) is 0 Å². The van der Waals surface area contributed by atoms with Crippen LogP contribution in [0.1, 0.15) is 43.1 Å². The Labute approximate surface area is 109 Å². The topological polar surface area (TPSA) is 41.1 Å². The van der Waals surface area contributed by atoms with Crippen molar-refractivity contribution in [1.29, 1.82) is 0 Å². The minimum absolute atomic E-state index is 0.571. The first kappa shape index (κ1) is 11.9. The van der Waals surface area contributed by atoms with Crippen molar-refractivity contribution in [1.82, 2.24) is 15.3 Å². The Hall–Kier alpha value is -1.16. The Morgan fingerprint density at radius 3 is 2.78 bits per heavy atom. The van der Waals surface area contributed by atoms with Gasteiger partial charge < -0.3 is 10.2 Å². The van der Waals surface area contributed by atoms with Crippen LogP contribution in [-0.4, -0.2) is 36.1 Å². The minimum Gasteiger partial charge on any atom is -0.357 e. The molecule has 0 radical (unpaired) electrons. The molecule has 1 aromatic heterocycles. The van der Waals surface area contributed by atoms with E-state index in [0.29, 0.717) is 5.92 Å². The van der Waals surface area contributed by atoms with Crippen molar-refractivity contribution in [3.63, 3.8) is 0 Å². The number of hydrogen-bond acceptors (Lipinski definition) is 4. The van der Waals surface area contributed by atoms with Gasteiger partial charge in [-0.1, -0.05) is 0 Å². The summed E-state index contributed by atoms with van der Waals surface area (Å²) in [5, 5.41) is 3.47. The average molecular weight is 246 g/mol. The molecule has 0 aromatic carbocycles. The smallest absolute Gasteiger partial charge is 0.132 e. The molecule has 1 unspecified atom stereocenters. The van der Waals surface area contributed by atoms with Crippen LogP contribution in [0.3, 0.4) is 0 Å². The van der Waals surface area contributed by atoms with Gasteiger partial charge in [0.25, 0.3) is 0 Å². The number of anilines is 1. The molecule has 0 saturated carbocycles. The van der Waals surface area contributed by atoms with E-state index < -0.39 is 0 Å². The molecule has 0 aliphatic carbocycles. The highest BCUT2D eigenvalue weighted by molar-refractivity contribution is 5.41. The molecule has 2 saturated heterocycles. The molecular formula is C14H22N4. The normalized spacial score (nSPS) is 24.5. The van der Waals surface area contributed by atoms with Crippen molar-refractivity contribution in [3.8, 4) is 0 Å². The molecule has 2 aliphatic rings. The fraction of sp³-hybridized carbons (Fsp3) is 0.714. The van der Waals surface area contributed by atoms with Crippen LogP contribution >= 0.6 is 0 Å². The molecule has 1 atom stereocenters. The standard InChI is InChI=1S/C14H22N4/c1-11-16-13(12-5-4-6-15-10-12)9-14(17-11)18-7-2-3-8-18/h9,12,15H,2-8,10H2,1H3. The zero-order valence-corrected chi connectivity index (χ0v) is 11.2. The maximum absolute atomic E-state index is 4.65. The van der Waals surface area contributed by atoms with Crippen molar-refractivity contribution < 1.29 is 0 Å². The molecule has 3 heterocycles. The van der Waals surface area contributed by atoms with Crippen LogP contribution < -0.4 is 10.2 Å². The first-order valence-corrected chi connectivity index (χ1v) is 7.14. The van der Waals surface area contributed by atoms with E-state index in [9.17, 15) is 0 Å². The lowest BCUT2D eigenvalue weighted by Gasteiger charge is -2.24. The number of rotatable bonds is 2. The van der Waals surface area contributed by atoms with Crippen molar-refractivity contribution in [2.24, 2.45) is 0 Å². The largest absolute Gasteiger partial charge is 0.357 e. The van der Waals surface area contributed by atoms with Crippen molar-refractivity contribution >= 4 is 5.82 Å². The summed E-state index contributed by atoms with van der Waals surface area (Å²) in [5.41, 5.74) is 1.23. The molecule has 1 aromatic rings. The van der Waals surface area contributed by atoms with E-state index in [4.69, 9.17) is 0 Å². The van der Waals surface area contributed by atoms with Gasteiger partial charge in [-0.05, 0) is 39.2 Å². The lowest BCUT2D eigenvalue weighted by molar-refractivity contribution is 0.453. The fourth-order valence-corrected chi connectivity index (χ4v) is 3.00. The lowest BCUT2D eigenvalue weighted by atomic mass is 9.96. The maximum Gasteiger partial charge on any atom is 0.132 e. The summed E-state index contributed by atoms with van der Waals surface area (Å²) in [6.07, 6.45) is 5.10. The van der Waals surface area contributed by atoms with Crippen LogP contribution in [0, 0.1) is 6.92 Å². The molecule has 18 heavy (non-hydrogen) atoms. The van der Waals surface area contributed by atoms with Gasteiger partial charge in [-0.2, -0.15) is 0 Å². The zero-order chi connectivity index (χ0) is 12.4. The number of aromatic nitrogens is 2. The fourth-order valence-electron chi connectivity index (χ4n) is 3.00. The minimum atomic E-state index is 0.571. The Kier molecular flexibility index (Phi) is 3.46. The third-order valence-electron chi connectivity index (χ3n) is 3.99. The molecule has 4 nitrogen and oxygen atoms in total. The summed E-state index contributed by atoms with van der Waals surface area (Å²) in [6.45, 7) is 6.53. The second-order valence-corrected chi connectivity index (χ2v) is 5.44. The second kappa shape index (κ2) is 5.22. The lowest BCUT2D eigenvalue weighted by Crippen LogP contribution is -2.29. The van der Waals surface area contributed by atoms with Crippen molar-refractivity contribution in [2.75, 3.05) is 31.1 Å². The van der Waals surface area contributed by atoms with E-state index >= 15 is 0 Å². The molecule has 3 rings (SSSR count). The first-order valence-electron chi connectivity index (χ1n) is 7.14. The Morgan fingerprint density at radius 1 is 1.22 bits per heavy atom. The number of nitrogens with one attached hydrogen (secondary N) is 1. The van der Waals surface area contributed by atoms with Crippen molar-refractivity contribution in [3.05, 3.63) is 17.6 Å². The van der Waals surface area contributed by atoms with Gasteiger partial charge in [-0.25, -0.2) is 9.97 Å². The van der Waals surface area contributed by atoms with E-state index in [1.807, 2.05) is 6.92 Å². The van der Waals surface area contributed by atoms with E-state index in [0.717, 1.165) is 37.8 Å². The Balaban J connectivity index is 1.84. The second-order valence-electron chi connectivity index (χ2n) is 5.44. The summed E-state index contributed by atoms with van der Waals surface area (Å²) in [6, 6.07) is 2.22. The SMILES string of the molecule is Cc1nc(C2CCCNC2)cc(N2CCCC2)n1. The van der Waals surface area contributed by atoms with E-state index in [1.165, 1.54) is 31.4 Å². The van der Waals surface area contributed by atoms with Crippen LogP contribution in [0.4, 0.5) is 5.82 Å². The average Bonchev–Trinajstić information content (AvgIpc) is 2.93. The summed E-state index contributed by atoms with van der Waals surface area (Å²) < 4.78 is 0. The molecule has 2 fully saturated rings. The number of hydrogen-bond donors (Lipinski definition) is 1. The summed E-state index contributed by atoms with van der Waals surface area (Å²) in [4.78, 5) is 11.7. The van der Waals surface area contributed by atoms with Crippen LogP contribution in [0.25, 0.3) is 0 Å². The predicted molar refractivity (Wildman–Crippen MR) is 73.1 cm³/mol. The van der Waals surface area contributed by atoms with E-state index in [1.54, 1.807) is 0 Å². The van der Waals surface area contributed by atoms with Gasteiger partial charge in [0.05, 0.1) is 5.69 Å². The van der Waals surface area contributed by atoms with Gasteiger partial charge in [0.2, 0.25) is 0 Å². The molecule has 4 heteroatoms. The predicted octanol–water partition coefficient (Wildman–Crippen LogP) is 1.85. The van der Waals surface area contributed by atoms with Gasteiger partial charge in [0.1, 0.15) is 11.6 Å². The molecule has 2 aliphatic heterocycles. The highest BCUT2D eigenvalue weighted by Crippen LogP contribution is 2.25. The van der Waals surface area contributed by atoms with Crippen LogP contribution in [-0.2, 0) is 0 Å². The van der Waals surface area contributed by atoms with Gasteiger partial charge >= 0.3 is 0 Å². The molecule has 98 valence electrons. The molecule has 1 N–H and O–H groups in total. The number of aryl methyl sites for hydroxylation is 1. The molecule has 0 bridgehead atoms. The number of nitrogens with zero attached hydrogens (tertiary/aromatic N) is 3. The summed E-state index contributed by atoms with van der Waals surface area (Å²) in [7, 11) is 0.